The number of hydrogen-bond acceptors (Lipinski definition) is 2. The van der Waals surface area contributed by atoms with Gasteiger partial charge in [-0.15, -0.1) is 5.10 Å². The maximum absolute atomic E-state index is 4.19. The average molecular weight is 163 g/mol. The first-order valence-corrected chi connectivity index (χ1v) is 4.49. The van der Waals surface area contributed by atoms with Crippen LogP contribution in [0.1, 0.15) is 31.9 Å². The highest BCUT2D eigenvalue weighted by Crippen LogP contribution is 2.72. The van der Waals surface area contributed by atoms with Gasteiger partial charge in [-0.3, -0.25) is 4.68 Å². The van der Waals surface area contributed by atoms with E-state index in [2.05, 4.69) is 23.4 Å². The van der Waals surface area contributed by atoms with Crippen LogP contribution in [0.2, 0.25) is 0 Å². The Morgan fingerprint density at radius 1 is 1.42 bits per heavy atom. The molecule has 0 radical (unpaired) electrons. The molecule has 3 fully saturated rings. The second-order valence-corrected chi connectivity index (χ2v) is 4.90. The molecule has 12 heavy (non-hydrogen) atoms. The van der Waals surface area contributed by atoms with E-state index in [0.717, 1.165) is 0 Å². The zero-order chi connectivity index (χ0) is 8.40. The summed E-state index contributed by atoms with van der Waals surface area (Å²) in [6.07, 6.45) is 6.06. The molecule has 3 heteroatoms. The topological polar surface area (TPSA) is 30.7 Å². The van der Waals surface area contributed by atoms with Crippen LogP contribution in [0.5, 0.6) is 0 Å². The molecule has 0 amide bonds. The van der Waals surface area contributed by atoms with Crippen molar-refractivity contribution in [2.24, 2.45) is 12.5 Å². The fraction of sp³-hybridized carbons (Fsp3) is 0.778. The average Bonchev–Trinajstić information content (AvgIpc) is 2.26. The smallest absolute Gasteiger partial charge is 0.0889 e. The zero-order valence-electron chi connectivity index (χ0n) is 7.54. The Kier molecular flexibility index (Phi) is 0.875. The minimum absolute atomic E-state index is 0.447. The van der Waals surface area contributed by atoms with Crippen LogP contribution >= 0.6 is 0 Å². The standard InChI is InChI=1S/C9H13N3/c1-8-4-9(5-8,6-8)7-3-12(2)11-10-7/h3H,4-6H2,1-2H3. The molecule has 0 spiro atoms. The van der Waals surface area contributed by atoms with E-state index in [1.807, 2.05) is 7.05 Å². The van der Waals surface area contributed by atoms with Gasteiger partial charge in [-0.1, -0.05) is 12.1 Å². The normalized spacial score (nSPS) is 43.5. The lowest BCUT2D eigenvalue weighted by Crippen LogP contribution is -2.63. The Morgan fingerprint density at radius 3 is 2.50 bits per heavy atom. The second-order valence-electron chi connectivity index (χ2n) is 4.90. The lowest BCUT2D eigenvalue weighted by atomic mass is 9.35. The van der Waals surface area contributed by atoms with Crippen LogP contribution in [-0.4, -0.2) is 15.0 Å². The maximum atomic E-state index is 4.19. The molecule has 0 unspecified atom stereocenters. The van der Waals surface area contributed by atoms with E-state index < -0.39 is 0 Å². The Morgan fingerprint density at radius 2 is 2.08 bits per heavy atom. The predicted molar refractivity (Wildman–Crippen MR) is 44.6 cm³/mol. The summed E-state index contributed by atoms with van der Waals surface area (Å²) >= 11 is 0. The molecule has 64 valence electrons. The van der Waals surface area contributed by atoms with Crippen LogP contribution in [-0.2, 0) is 12.5 Å². The molecule has 1 aromatic rings. The van der Waals surface area contributed by atoms with Crippen LogP contribution in [0.15, 0.2) is 6.20 Å². The molecule has 0 saturated heterocycles. The van der Waals surface area contributed by atoms with E-state index in [1.54, 1.807) is 4.68 Å². The van der Waals surface area contributed by atoms with Crippen molar-refractivity contribution < 1.29 is 0 Å². The molecule has 1 aromatic heterocycles. The summed E-state index contributed by atoms with van der Waals surface area (Å²) in [5.41, 5.74) is 2.33. The first-order valence-electron chi connectivity index (χ1n) is 4.49. The molecule has 2 bridgehead atoms. The molecule has 4 rings (SSSR count). The molecule has 0 atom stereocenters. The second kappa shape index (κ2) is 1.58. The quantitative estimate of drug-likeness (QED) is 0.624. The van der Waals surface area contributed by atoms with Gasteiger partial charge in [-0.25, -0.2) is 0 Å². The first-order chi connectivity index (χ1) is 5.62. The molecule has 0 aromatic carbocycles. The summed E-state index contributed by atoms with van der Waals surface area (Å²) in [6, 6.07) is 0. The predicted octanol–water partition coefficient (Wildman–Crippen LogP) is 1.26. The summed E-state index contributed by atoms with van der Waals surface area (Å²) in [6.45, 7) is 2.37. The first kappa shape index (κ1) is 6.63. The molecule has 0 N–H and O–H groups in total. The van der Waals surface area contributed by atoms with E-state index in [4.69, 9.17) is 0 Å². The van der Waals surface area contributed by atoms with E-state index in [-0.39, 0.29) is 0 Å². The van der Waals surface area contributed by atoms with Crippen molar-refractivity contribution in [1.82, 2.24) is 15.0 Å². The fourth-order valence-electron chi connectivity index (χ4n) is 3.16. The highest BCUT2D eigenvalue weighted by Gasteiger charge is 2.66. The van der Waals surface area contributed by atoms with Crippen molar-refractivity contribution in [3.63, 3.8) is 0 Å². The SMILES string of the molecule is Cn1cc(C23CC(C)(C2)C3)nn1. The summed E-state index contributed by atoms with van der Waals surface area (Å²) in [5.74, 6) is 0. The third kappa shape index (κ3) is 0.586. The molecular weight excluding hydrogens is 150 g/mol. The highest BCUT2D eigenvalue weighted by atomic mass is 15.4. The third-order valence-corrected chi connectivity index (χ3v) is 3.44. The van der Waals surface area contributed by atoms with Gasteiger partial charge in [0.05, 0.1) is 5.69 Å². The van der Waals surface area contributed by atoms with Crippen LogP contribution in [0.3, 0.4) is 0 Å². The molecule has 3 aliphatic rings. The Bertz CT molecular complexity index is 320. The highest BCUT2D eigenvalue weighted by molar-refractivity contribution is 5.31. The number of hydrogen-bond donors (Lipinski definition) is 0. The minimum Gasteiger partial charge on any atom is -0.255 e. The Hall–Kier alpha value is -0.860. The van der Waals surface area contributed by atoms with E-state index in [9.17, 15) is 0 Å². The molecule has 3 aliphatic carbocycles. The van der Waals surface area contributed by atoms with Crippen molar-refractivity contribution in [3.05, 3.63) is 11.9 Å². The molecule has 3 saturated carbocycles. The van der Waals surface area contributed by atoms with Crippen LogP contribution < -0.4 is 0 Å². The van der Waals surface area contributed by atoms with Gasteiger partial charge in [-0.2, -0.15) is 0 Å². The van der Waals surface area contributed by atoms with Crippen molar-refractivity contribution in [3.8, 4) is 0 Å². The summed E-state index contributed by atoms with van der Waals surface area (Å²) in [7, 11) is 1.93. The summed E-state index contributed by atoms with van der Waals surface area (Å²) < 4.78 is 1.80. The largest absolute Gasteiger partial charge is 0.255 e. The van der Waals surface area contributed by atoms with Crippen LogP contribution in [0.4, 0.5) is 0 Å². The van der Waals surface area contributed by atoms with Gasteiger partial charge in [-0.05, 0) is 24.7 Å². The molecule has 1 heterocycles. The van der Waals surface area contributed by atoms with E-state index >= 15 is 0 Å². The monoisotopic (exact) mass is 163 g/mol. The molecule has 0 aliphatic heterocycles. The number of rotatable bonds is 1. The van der Waals surface area contributed by atoms with E-state index in [1.165, 1.54) is 25.0 Å². The van der Waals surface area contributed by atoms with Gasteiger partial charge >= 0.3 is 0 Å². The zero-order valence-corrected chi connectivity index (χ0v) is 7.54. The minimum atomic E-state index is 0.447. The van der Waals surface area contributed by atoms with Gasteiger partial charge in [0, 0.05) is 18.7 Å². The van der Waals surface area contributed by atoms with Crippen molar-refractivity contribution >= 4 is 0 Å². The number of aryl methyl sites for hydroxylation is 1. The Labute approximate surface area is 71.8 Å². The Balaban J connectivity index is 1.93. The van der Waals surface area contributed by atoms with Gasteiger partial charge < -0.3 is 0 Å². The van der Waals surface area contributed by atoms with Gasteiger partial charge in [0.2, 0.25) is 0 Å². The van der Waals surface area contributed by atoms with Gasteiger partial charge in [0.1, 0.15) is 0 Å². The van der Waals surface area contributed by atoms with Crippen molar-refractivity contribution in [2.75, 3.05) is 0 Å². The molecular formula is C9H13N3. The fourth-order valence-corrected chi connectivity index (χ4v) is 3.16. The van der Waals surface area contributed by atoms with Gasteiger partial charge in [0.15, 0.2) is 0 Å². The maximum Gasteiger partial charge on any atom is 0.0889 e. The van der Waals surface area contributed by atoms with Crippen LogP contribution in [0.25, 0.3) is 0 Å². The van der Waals surface area contributed by atoms with E-state index in [0.29, 0.717) is 10.8 Å². The summed E-state index contributed by atoms with van der Waals surface area (Å²) in [5, 5.41) is 8.17. The third-order valence-electron chi connectivity index (χ3n) is 3.44. The summed E-state index contributed by atoms with van der Waals surface area (Å²) in [4.78, 5) is 0. The lowest BCUT2D eigenvalue weighted by Gasteiger charge is -2.68. The molecule has 3 nitrogen and oxygen atoms in total. The van der Waals surface area contributed by atoms with Crippen molar-refractivity contribution in [2.45, 2.75) is 31.6 Å². The number of aromatic nitrogens is 3. The van der Waals surface area contributed by atoms with Gasteiger partial charge in [0.25, 0.3) is 0 Å². The van der Waals surface area contributed by atoms with Crippen molar-refractivity contribution in [1.29, 1.82) is 0 Å². The lowest BCUT2D eigenvalue weighted by molar-refractivity contribution is -0.128. The van der Waals surface area contributed by atoms with Crippen LogP contribution in [0, 0.1) is 5.41 Å². The number of nitrogens with zero attached hydrogens (tertiary/aromatic N) is 3.